The molecule has 0 spiro atoms. The van der Waals surface area contributed by atoms with Gasteiger partial charge in [-0.25, -0.2) is 0 Å². The van der Waals surface area contributed by atoms with Crippen molar-refractivity contribution < 1.29 is 9.53 Å². The van der Waals surface area contributed by atoms with Gasteiger partial charge in [-0.2, -0.15) is 0 Å². The van der Waals surface area contributed by atoms with E-state index < -0.39 is 0 Å². The van der Waals surface area contributed by atoms with Gasteiger partial charge >= 0.3 is 0 Å². The second-order valence-corrected chi connectivity index (χ2v) is 8.58. The summed E-state index contributed by atoms with van der Waals surface area (Å²) in [6.45, 7) is 5.69. The van der Waals surface area contributed by atoms with Crippen LogP contribution in [0, 0.1) is 13.8 Å². The fourth-order valence-corrected chi connectivity index (χ4v) is 3.82. The Balaban J connectivity index is 1.61. The number of hydrogen-bond acceptors (Lipinski definition) is 5. The second-order valence-electron chi connectivity index (χ2n) is 6.82. The minimum Gasteiger partial charge on any atom is -0.483 e. The average molecular weight is 465 g/mol. The third-order valence-electron chi connectivity index (χ3n) is 4.55. The maximum atomic E-state index is 12.3. The number of nitrogens with one attached hydrogen (secondary N) is 1. The number of ether oxygens (including phenoxy) is 1. The van der Waals surface area contributed by atoms with Crippen molar-refractivity contribution in [2.75, 3.05) is 11.1 Å². The highest BCUT2D eigenvalue weighted by Crippen LogP contribution is 2.27. The minimum atomic E-state index is -0.319. The van der Waals surface area contributed by atoms with E-state index in [1.807, 2.05) is 50.6 Å². The van der Waals surface area contributed by atoms with Crippen LogP contribution in [-0.4, -0.2) is 26.4 Å². The fraction of sp³-hybridized carbons (Fsp3) is 0.286. The van der Waals surface area contributed by atoms with Gasteiger partial charge in [-0.1, -0.05) is 41.0 Å². The van der Waals surface area contributed by atoms with Gasteiger partial charge in [0.25, 0.3) is 0 Å². The smallest absolute Gasteiger partial charge is 0.234 e. The number of amides is 1. The monoisotopic (exact) mass is 464 g/mol. The molecule has 30 heavy (non-hydrogen) atoms. The van der Waals surface area contributed by atoms with E-state index in [2.05, 4.69) is 15.5 Å². The summed E-state index contributed by atoms with van der Waals surface area (Å²) in [4.78, 5) is 12.3. The van der Waals surface area contributed by atoms with Crippen LogP contribution in [0.1, 0.15) is 30.0 Å². The molecule has 1 unspecified atom stereocenters. The molecule has 1 amide bonds. The Labute approximate surface area is 189 Å². The molecule has 1 heterocycles. The van der Waals surface area contributed by atoms with Crippen LogP contribution in [0.15, 0.2) is 41.6 Å². The lowest BCUT2D eigenvalue weighted by Gasteiger charge is -2.15. The van der Waals surface area contributed by atoms with Crippen molar-refractivity contribution in [3.63, 3.8) is 0 Å². The summed E-state index contributed by atoms with van der Waals surface area (Å²) < 4.78 is 7.81. The van der Waals surface area contributed by atoms with E-state index in [0.717, 1.165) is 11.1 Å². The van der Waals surface area contributed by atoms with Crippen molar-refractivity contribution in [1.82, 2.24) is 14.8 Å². The number of hydrogen-bond donors (Lipinski definition) is 1. The van der Waals surface area contributed by atoms with Crippen LogP contribution in [-0.2, 0) is 11.8 Å². The molecule has 6 nitrogen and oxygen atoms in total. The number of nitrogens with zero attached hydrogens (tertiary/aromatic N) is 3. The van der Waals surface area contributed by atoms with Gasteiger partial charge in [0.15, 0.2) is 17.1 Å². The van der Waals surface area contributed by atoms with Gasteiger partial charge in [0.05, 0.1) is 5.75 Å². The molecule has 3 aromatic rings. The predicted molar refractivity (Wildman–Crippen MR) is 122 cm³/mol. The van der Waals surface area contributed by atoms with Crippen molar-refractivity contribution >= 4 is 46.6 Å². The lowest BCUT2D eigenvalue weighted by Crippen LogP contribution is -2.15. The SMILES string of the molecule is Cc1cc(OC(C)c2nnc(SCC(=O)Nc3cccc(Cl)c3C)n2C)ccc1Cl. The second kappa shape index (κ2) is 9.73. The summed E-state index contributed by atoms with van der Waals surface area (Å²) in [5, 5.41) is 13.2. The average Bonchev–Trinajstić information content (AvgIpc) is 3.07. The summed E-state index contributed by atoms with van der Waals surface area (Å²) in [6.07, 6.45) is -0.319. The number of halogens is 2. The number of benzene rings is 2. The Morgan fingerprint density at radius 1 is 1.20 bits per heavy atom. The molecule has 1 N–H and O–H groups in total. The predicted octanol–water partition coefficient (Wildman–Crippen LogP) is 5.61. The third-order valence-corrected chi connectivity index (χ3v) is 6.40. The number of thioether (sulfide) groups is 1. The fourth-order valence-electron chi connectivity index (χ4n) is 2.81. The van der Waals surface area contributed by atoms with Crippen LogP contribution < -0.4 is 10.1 Å². The maximum absolute atomic E-state index is 12.3. The Morgan fingerprint density at radius 2 is 1.97 bits per heavy atom. The molecule has 0 saturated heterocycles. The van der Waals surface area contributed by atoms with Crippen molar-refractivity contribution in [2.45, 2.75) is 32.0 Å². The Hall–Kier alpha value is -2.22. The van der Waals surface area contributed by atoms with Crippen molar-refractivity contribution in [2.24, 2.45) is 7.05 Å². The first-order valence-corrected chi connectivity index (χ1v) is 11.0. The number of anilines is 1. The number of carbonyl (C=O) groups excluding carboxylic acids is 1. The molecule has 9 heteroatoms. The third kappa shape index (κ3) is 5.28. The van der Waals surface area contributed by atoms with Crippen LogP contribution in [0.5, 0.6) is 5.75 Å². The van der Waals surface area contributed by atoms with Gasteiger partial charge in [-0.3, -0.25) is 4.79 Å². The standard InChI is InChI=1S/C21H22Cl2N4O2S/c1-12-10-15(8-9-16(12)22)29-14(3)20-25-26-21(27(20)4)30-11-19(28)24-18-7-5-6-17(23)13(18)2/h5-10,14H,11H2,1-4H3,(H,24,28). The van der Waals surface area contributed by atoms with E-state index in [1.54, 1.807) is 18.2 Å². The molecule has 1 atom stereocenters. The molecule has 3 rings (SSSR count). The minimum absolute atomic E-state index is 0.143. The van der Waals surface area contributed by atoms with Gasteiger partial charge < -0.3 is 14.6 Å². The summed E-state index contributed by atoms with van der Waals surface area (Å²) >= 11 is 13.5. The number of rotatable bonds is 7. The first kappa shape index (κ1) is 22.5. The molecule has 2 aromatic carbocycles. The molecule has 0 aliphatic heterocycles. The molecular formula is C21H22Cl2N4O2S. The highest BCUT2D eigenvalue weighted by molar-refractivity contribution is 7.99. The molecule has 0 saturated carbocycles. The highest BCUT2D eigenvalue weighted by Gasteiger charge is 2.18. The lowest BCUT2D eigenvalue weighted by molar-refractivity contribution is -0.113. The van der Waals surface area contributed by atoms with Crippen molar-refractivity contribution in [1.29, 1.82) is 0 Å². The van der Waals surface area contributed by atoms with E-state index in [0.29, 0.717) is 32.5 Å². The largest absolute Gasteiger partial charge is 0.483 e. The topological polar surface area (TPSA) is 69.0 Å². The van der Waals surface area contributed by atoms with Crippen LogP contribution in [0.2, 0.25) is 10.0 Å². The molecule has 0 bridgehead atoms. The summed E-state index contributed by atoms with van der Waals surface area (Å²) in [5.74, 6) is 1.42. The van der Waals surface area contributed by atoms with E-state index in [-0.39, 0.29) is 17.8 Å². The van der Waals surface area contributed by atoms with Crippen LogP contribution >= 0.6 is 35.0 Å². The number of carbonyl (C=O) groups is 1. The number of aromatic nitrogens is 3. The first-order valence-electron chi connectivity index (χ1n) is 9.26. The zero-order chi connectivity index (χ0) is 21.8. The van der Waals surface area contributed by atoms with E-state index in [9.17, 15) is 4.79 Å². The van der Waals surface area contributed by atoms with Crippen molar-refractivity contribution in [3.05, 3.63) is 63.4 Å². The summed E-state index contributed by atoms with van der Waals surface area (Å²) in [7, 11) is 1.85. The number of aryl methyl sites for hydroxylation is 1. The van der Waals surface area contributed by atoms with E-state index >= 15 is 0 Å². The first-order chi connectivity index (χ1) is 14.3. The van der Waals surface area contributed by atoms with Crippen LogP contribution in [0.4, 0.5) is 5.69 Å². The molecule has 0 radical (unpaired) electrons. The van der Waals surface area contributed by atoms with Crippen LogP contribution in [0.3, 0.4) is 0 Å². The summed E-state index contributed by atoms with van der Waals surface area (Å²) in [6, 6.07) is 10.9. The molecular weight excluding hydrogens is 443 g/mol. The molecule has 0 aliphatic carbocycles. The molecule has 158 valence electrons. The quantitative estimate of drug-likeness (QED) is 0.460. The zero-order valence-electron chi connectivity index (χ0n) is 17.1. The molecule has 1 aromatic heterocycles. The molecule has 0 aliphatic rings. The van der Waals surface area contributed by atoms with Crippen molar-refractivity contribution in [3.8, 4) is 5.75 Å². The Bertz CT molecular complexity index is 1070. The van der Waals surface area contributed by atoms with Gasteiger partial charge in [0.2, 0.25) is 5.91 Å². The van der Waals surface area contributed by atoms with Gasteiger partial charge in [-0.15, -0.1) is 10.2 Å². The van der Waals surface area contributed by atoms with Gasteiger partial charge in [0.1, 0.15) is 5.75 Å². The Kier molecular flexibility index (Phi) is 7.28. The normalized spacial score (nSPS) is 11.9. The van der Waals surface area contributed by atoms with Gasteiger partial charge in [0, 0.05) is 22.8 Å². The highest BCUT2D eigenvalue weighted by atomic mass is 35.5. The van der Waals surface area contributed by atoms with E-state index in [1.165, 1.54) is 11.8 Å². The summed E-state index contributed by atoms with van der Waals surface area (Å²) in [5.41, 5.74) is 2.48. The maximum Gasteiger partial charge on any atom is 0.234 e. The van der Waals surface area contributed by atoms with Crippen LogP contribution in [0.25, 0.3) is 0 Å². The van der Waals surface area contributed by atoms with Gasteiger partial charge in [-0.05, 0) is 62.2 Å². The molecule has 0 fully saturated rings. The Morgan fingerprint density at radius 3 is 2.70 bits per heavy atom. The van der Waals surface area contributed by atoms with E-state index in [4.69, 9.17) is 27.9 Å². The lowest BCUT2D eigenvalue weighted by atomic mass is 10.2. The zero-order valence-corrected chi connectivity index (χ0v) is 19.4.